The molecule has 1 aromatic rings. The molecular formula is C18H28N2O2. The molecule has 4 heteroatoms. The van der Waals surface area contributed by atoms with Crippen LogP contribution in [-0.4, -0.2) is 41.7 Å². The Labute approximate surface area is 133 Å². The molecule has 1 aliphatic heterocycles. The summed E-state index contributed by atoms with van der Waals surface area (Å²) in [5.74, 6) is 0.248. The van der Waals surface area contributed by atoms with Crippen molar-refractivity contribution < 1.29 is 9.90 Å². The standard InChI is InChI=1S/C18H28N2O2/c1-14(10-15(2)21)12-19-18(22)17-7-5-6-16(11-17)13-20-8-3-4-9-20/h5-7,11,14-15,21H,3-4,8-10,12-13H2,1-2H3,(H,19,22). The smallest absolute Gasteiger partial charge is 0.251 e. The lowest BCUT2D eigenvalue weighted by molar-refractivity contribution is 0.0939. The van der Waals surface area contributed by atoms with Crippen LogP contribution in [0.25, 0.3) is 0 Å². The number of benzene rings is 1. The highest BCUT2D eigenvalue weighted by Gasteiger charge is 2.13. The summed E-state index contributed by atoms with van der Waals surface area (Å²) >= 11 is 0. The van der Waals surface area contributed by atoms with Crippen molar-refractivity contribution in [1.82, 2.24) is 10.2 Å². The largest absolute Gasteiger partial charge is 0.393 e. The molecule has 1 amide bonds. The molecule has 2 atom stereocenters. The Morgan fingerprint density at radius 3 is 2.73 bits per heavy atom. The quantitative estimate of drug-likeness (QED) is 0.813. The third-order valence-electron chi connectivity index (χ3n) is 4.15. The lowest BCUT2D eigenvalue weighted by Gasteiger charge is -2.16. The van der Waals surface area contributed by atoms with E-state index in [1.54, 1.807) is 6.92 Å². The molecule has 1 fully saturated rings. The van der Waals surface area contributed by atoms with Crippen molar-refractivity contribution >= 4 is 5.91 Å². The van der Waals surface area contributed by atoms with Gasteiger partial charge in [0.15, 0.2) is 0 Å². The summed E-state index contributed by atoms with van der Waals surface area (Å²) in [6.45, 7) is 7.66. The fraction of sp³-hybridized carbons (Fsp3) is 0.611. The highest BCUT2D eigenvalue weighted by atomic mass is 16.3. The normalized spacial score (nSPS) is 18.1. The molecule has 122 valence electrons. The third-order valence-corrected chi connectivity index (χ3v) is 4.15. The molecule has 0 aliphatic carbocycles. The van der Waals surface area contributed by atoms with Crippen molar-refractivity contribution in [3.8, 4) is 0 Å². The number of hydrogen-bond acceptors (Lipinski definition) is 3. The average molecular weight is 304 g/mol. The molecular weight excluding hydrogens is 276 g/mol. The van der Waals surface area contributed by atoms with Gasteiger partial charge in [-0.1, -0.05) is 19.1 Å². The monoisotopic (exact) mass is 304 g/mol. The number of nitrogens with zero attached hydrogens (tertiary/aromatic N) is 1. The van der Waals surface area contributed by atoms with Gasteiger partial charge in [0.05, 0.1) is 6.10 Å². The second kappa shape index (κ2) is 8.30. The Morgan fingerprint density at radius 1 is 1.32 bits per heavy atom. The van der Waals surface area contributed by atoms with Gasteiger partial charge in [-0.3, -0.25) is 9.69 Å². The molecule has 0 radical (unpaired) electrons. The summed E-state index contributed by atoms with van der Waals surface area (Å²) in [7, 11) is 0. The van der Waals surface area contributed by atoms with Gasteiger partial charge in [-0.2, -0.15) is 0 Å². The predicted octanol–water partition coefficient (Wildman–Crippen LogP) is 2.42. The molecule has 1 saturated heterocycles. The van der Waals surface area contributed by atoms with Crippen molar-refractivity contribution in [3.05, 3.63) is 35.4 Å². The van der Waals surface area contributed by atoms with Gasteiger partial charge in [-0.25, -0.2) is 0 Å². The molecule has 2 N–H and O–H groups in total. The number of rotatable bonds is 7. The lowest BCUT2D eigenvalue weighted by atomic mass is 10.0. The van der Waals surface area contributed by atoms with Crippen LogP contribution in [0.1, 0.15) is 49.0 Å². The number of carbonyl (C=O) groups excluding carboxylic acids is 1. The first-order valence-electron chi connectivity index (χ1n) is 8.32. The summed E-state index contributed by atoms with van der Waals surface area (Å²) < 4.78 is 0. The maximum absolute atomic E-state index is 12.2. The molecule has 1 aliphatic rings. The molecule has 1 aromatic carbocycles. The van der Waals surface area contributed by atoms with Crippen molar-refractivity contribution in [3.63, 3.8) is 0 Å². The average Bonchev–Trinajstić information content (AvgIpc) is 2.97. The van der Waals surface area contributed by atoms with Crippen molar-refractivity contribution in [2.45, 2.75) is 45.8 Å². The summed E-state index contributed by atoms with van der Waals surface area (Å²) in [6.07, 6.45) is 2.94. The molecule has 0 spiro atoms. The zero-order chi connectivity index (χ0) is 15.9. The van der Waals surface area contributed by atoms with E-state index >= 15 is 0 Å². The van der Waals surface area contributed by atoms with E-state index in [-0.39, 0.29) is 17.9 Å². The number of aliphatic hydroxyl groups is 1. The molecule has 1 heterocycles. The van der Waals surface area contributed by atoms with Crippen LogP contribution in [0.3, 0.4) is 0 Å². The Morgan fingerprint density at radius 2 is 2.05 bits per heavy atom. The molecule has 0 saturated carbocycles. The van der Waals surface area contributed by atoms with Gasteiger partial charge in [0.1, 0.15) is 0 Å². The van der Waals surface area contributed by atoms with Gasteiger partial charge in [0.2, 0.25) is 0 Å². The van der Waals surface area contributed by atoms with Gasteiger partial charge in [-0.05, 0) is 62.9 Å². The number of likely N-dealkylation sites (tertiary alicyclic amines) is 1. The van der Waals surface area contributed by atoms with Crippen LogP contribution in [0, 0.1) is 5.92 Å². The maximum atomic E-state index is 12.2. The van der Waals surface area contributed by atoms with Crippen LogP contribution in [0.15, 0.2) is 24.3 Å². The first-order chi connectivity index (χ1) is 10.5. The van der Waals surface area contributed by atoms with Gasteiger partial charge >= 0.3 is 0 Å². The molecule has 0 aromatic heterocycles. The van der Waals surface area contributed by atoms with Crippen molar-refractivity contribution in [2.24, 2.45) is 5.92 Å². The topological polar surface area (TPSA) is 52.6 Å². The first-order valence-corrected chi connectivity index (χ1v) is 8.32. The van der Waals surface area contributed by atoms with E-state index in [2.05, 4.69) is 16.3 Å². The van der Waals surface area contributed by atoms with E-state index in [0.717, 1.165) is 25.2 Å². The zero-order valence-electron chi connectivity index (χ0n) is 13.7. The third kappa shape index (κ3) is 5.43. The predicted molar refractivity (Wildman–Crippen MR) is 88.7 cm³/mol. The molecule has 2 rings (SSSR count). The molecule has 0 bridgehead atoms. The van der Waals surface area contributed by atoms with Gasteiger partial charge in [0.25, 0.3) is 5.91 Å². The van der Waals surface area contributed by atoms with Crippen LogP contribution in [0.5, 0.6) is 0 Å². The Balaban J connectivity index is 1.86. The fourth-order valence-corrected chi connectivity index (χ4v) is 3.04. The van der Waals surface area contributed by atoms with Gasteiger partial charge in [0, 0.05) is 18.7 Å². The first kappa shape index (κ1) is 17.0. The van der Waals surface area contributed by atoms with Crippen LogP contribution in [0.2, 0.25) is 0 Å². The van der Waals surface area contributed by atoms with Crippen molar-refractivity contribution in [2.75, 3.05) is 19.6 Å². The second-order valence-corrected chi connectivity index (χ2v) is 6.58. The number of carbonyl (C=O) groups is 1. The maximum Gasteiger partial charge on any atom is 0.251 e. The number of hydrogen-bond donors (Lipinski definition) is 2. The van der Waals surface area contributed by atoms with E-state index in [9.17, 15) is 9.90 Å². The van der Waals surface area contributed by atoms with Crippen LogP contribution in [-0.2, 0) is 6.54 Å². The van der Waals surface area contributed by atoms with E-state index in [1.165, 1.54) is 18.4 Å². The highest BCUT2D eigenvalue weighted by Crippen LogP contribution is 2.14. The summed E-state index contributed by atoms with van der Waals surface area (Å²) in [6, 6.07) is 7.90. The SMILES string of the molecule is CC(O)CC(C)CNC(=O)c1cccc(CN2CCCC2)c1. The Kier molecular flexibility index (Phi) is 6.40. The Bertz CT molecular complexity index is 482. The molecule has 2 unspecified atom stereocenters. The van der Waals surface area contributed by atoms with Crippen LogP contribution >= 0.6 is 0 Å². The van der Waals surface area contributed by atoms with E-state index < -0.39 is 0 Å². The van der Waals surface area contributed by atoms with E-state index in [0.29, 0.717) is 13.0 Å². The zero-order valence-corrected chi connectivity index (χ0v) is 13.7. The summed E-state index contributed by atoms with van der Waals surface area (Å²) in [5, 5.41) is 12.3. The molecule has 22 heavy (non-hydrogen) atoms. The minimum Gasteiger partial charge on any atom is -0.393 e. The van der Waals surface area contributed by atoms with Gasteiger partial charge in [-0.15, -0.1) is 0 Å². The van der Waals surface area contributed by atoms with Crippen LogP contribution in [0.4, 0.5) is 0 Å². The number of aliphatic hydroxyl groups excluding tert-OH is 1. The lowest BCUT2D eigenvalue weighted by Crippen LogP contribution is -2.29. The second-order valence-electron chi connectivity index (χ2n) is 6.58. The van der Waals surface area contributed by atoms with Crippen LogP contribution < -0.4 is 5.32 Å². The van der Waals surface area contributed by atoms with Gasteiger partial charge < -0.3 is 10.4 Å². The van der Waals surface area contributed by atoms with E-state index in [4.69, 9.17) is 0 Å². The van der Waals surface area contributed by atoms with E-state index in [1.807, 2.05) is 25.1 Å². The number of nitrogens with one attached hydrogen (secondary N) is 1. The summed E-state index contributed by atoms with van der Waals surface area (Å²) in [4.78, 5) is 14.7. The Hall–Kier alpha value is -1.39. The minimum absolute atomic E-state index is 0.0271. The number of amides is 1. The van der Waals surface area contributed by atoms with Crippen molar-refractivity contribution in [1.29, 1.82) is 0 Å². The minimum atomic E-state index is -0.323. The summed E-state index contributed by atoms with van der Waals surface area (Å²) in [5.41, 5.74) is 1.92. The fourth-order valence-electron chi connectivity index (χ4n) is 3.04. The highest BCUT2D eigenvalue weighted by molar-refractivity contribution is 5.94. The molecule has 4 nitrogen and oxygen atoms in total.